The number of hydrogen-bond donors (Lipinski definition) is 1. The lowest BCUT2D eigenvalue weighted by Gasteiger charge is -2.42. The molecule has 2 heteroatoms. The molecule has 2 nitrogen and oxygen atoms in total. The second-order valence-corrected chi connectivity index (χ2v) is 6.11. The molecule has 1 aliphatic rings. The molecule has 0 bridgehead atoms. The maximum absolute atomic E-state index is 6.09. The first-order chi connectivity index (χ1) is 7.54. The molecule has 1 aliphatic carbocycles. The van der Waals surface area contributed by atoms with E-state index in [0.717, 1.165) is 19.4 Å². The molecule has 1 rings (SSSR count). The summed E-state index contributed by atoms with van der Waals surface area (Å²) < 4.78 is 6.09. The molecular formula is C14H29NO. The highest BCUT2D eigenvalue weighted by molar-refractivity contribution is 4.91. The number of ether oxygens (including phenoxy) is 1. The third-order valence-electron chi connectivity index (χ3n) is 4.04. The van der Waals surface area contributed by atoms with E-state index >= 15 is 0 Å². The molecule has 0 aliphatic heterocycles. The Morgan fingerprint density at radius 3 is 2.19 bits per heavy atom. The van der Waals surface area contributed by atoms with Crippen LogP contribution in [0, 0.1) is 5.41 Å². The van der Waals surface area contributed by atoms with Gasteiger partial charge in [-0.25, -0.2) is 0 Å². The third kappa shape index (κ3) is 4.06. The van der Waals surface area contributed by atoms with Crippen LogP contribution in [0.2, 0.25) is 0 Å². The maximum atomic E-state index is 6.09. The van der Waals surface area contributed by atoms with Crippen molar-refractivity contribution in [3.05, 3.63) is 0 Å². The molecule has 0 aromatic carbocycles. The first-order valence-electron chi connectivity index (χ1n) is 6.88. The second kappa shape index (κ2) is 6.02. The monoisotopic (exact) mass is 227 g/mol. The molecule has 0 unspecified atom stereocenters. The lowest BCUT2D eigenvalue weighted by Crippen LogP contribution is -2.45. The van der Waals surface area contributed by atoms with Gasteiger partial charge in [-0.05, 0) is 37.5 Å². The predicted molar refractivity (Wildman–Crippen MR) is 69.5 cm³/mol. The summed E-state index contributed by atoms with van der Waals surface area (Å²) in [6.45, 7) is 8.51. The highest BCUT2D eigenvalue weighted by Crippen LogP contribution is 2.41. The van der Waals surface area contributed by atoms with Crippen LogP contribution in [0.1, 0.15) is 65.7 Å². The van der Waals surface area contributed by atoms with Crippen molar-refractivity contribution < 1.29 is 4.74 Å². The number of hydrogen-bond acceptors (Lipinski definition) is 2. The van der Waals surface area contributed by atoms with Crippen molar-refractivity contribution in [3.63, 3.8) is 0 Å². The van der Waals surface area contributed by atoms with Gasteiger partial charge in [-0.3, -0.25) is 0 Å². The van der Waals surface area contributed by atoms with E-state index in [-0.39, 0.29) is 5.60 Å². The van der Waals surface area contributed by atoms with Crippen LogP contribution in [0.15, 0.2) is 0 Å². The van der Waals surface area contributed by atoms with Gasteiger partial charge in [-0.2, -0.15) is 0 Å². The molecular weight excluding hydrogens is 198 g/mol. The Morgan fingerprint density at radius 1 is 1.06 bits per heavy atom. The van der Waals surface area contributed by atoms with Gasteiger partial charge >= 0.3 is 0 Å². The van der Waals surface area contributed by atoms with Crippen molar-refractivity contribution in [3.8, 4) is 0 Å². The Hall–Kier alpha value is -0.0800. The fourth-order valence-corrected chi connectivity index (χ4v) is 2.43. The molecule has 1 saturated carbocycles. The van der Waals surface area contributed by atoms with Crippen LogP contribution in [0.5, 0.6) is 0 Å². The summed E-state index contributed by atoms with van der Waals surface area (Å²) in [5.41, 5.74) is 6.41. The molecule has 0 amide bonds. The zero-order valence-corrected chi connectivity index (χ0v) is 11.3. The van der Waals surface area contributed by atoms with Gasteiger partial charge in [0.2, 0.25) is 0 Å². The largest absolute Gasteiger partial charge is 0.374 e. The van der Waals surface area contributed by atoms with Crippen LogP contribution in [0.25, 0.3) is 0 Å². The molecule has 1 fully saturated rings. The SMILES string of the molecule is CCCCCOC1(CN)CCC(C)(C)CC1. The summed E-state index contributed by atoms with van der Waals surface area (Å²) in [6, 6.07) is 0. The van der Waals surface area contributed by atoms with Crippen molar-refractivity contribution in [1.82, 2.24) is 0 Å². The Balaban J connectivity index is 2.34. The minimum Gasteiger partial charge on any atom is -0.374 e. The van der Waals surface area contributed by atoms with Gasteiger partial charge in [0.25, 0.3) is 0 Å². The van der Waals surface area contributed by atoms with Crippen molar-refractivity contribution in [1.29, 1.82) is 0 Å². The lowest BCUT2D eigenvalue weighted by molar-refractivity contribution is -0.0821. The van der Waals surface area contributed by atoms with E-state index in [4.69, 9.17) is 10.5 Å². The van der Waals surface area contributed by atoms with E-state index in [1.54, 1.807) is 0 Å². The Morgan fingerprint density at radius 2 is 1.69 bits per heavy atom. The predicted octanol–water partition coefficient (Wildman–Crippen LogP) is 3.49. The molecule has 0 atom stereocenters. The number of nitrogens with two attached hydrogens (primary N) is 1. The highest BCUT2D eigenvalue weighted by atomic mass is 16.5. The fourth-order valence-electron chi connectivity index (χ4n) is 2.43. The number of rotatable bonds is 6. The normalized spacial score (nSPS) is 23.2. The first-order valence-corrected chi connectivity index (χ1v) is 6.88. The van der Waals surface area contributed by atoms with Gasteiger partial charge in [0.15, 0.2) is 0 Å². The summed E-state index contributed by atoms with van der Waals surface area (Å²) in [4.78, 5) is 0. The average molecular weight is 227 g/mol. The molecule has 0 spiro atoms. The van der Waals surface area contributed by atoms with Crippen LogP contribution in [0.4, 0.5) is 0 Å². The molecule has 0 aromatic rings. The summed E-state index contributed by atoms with van der Waals surface area (Å²) in [6.07, 6.45) is 8.49. The minimum atomic E-state index is 0.00324. The summed E-state index contributed by atoms with van der Waals surface area (Å²) in [5, 5.41) is 0. The molecule has 2 N–H and O–H groups in total. The Kier molecular flexibility index (Phi) is 5.26. The maximum Gasteiger partial charge on any atom is 0.0804 e. The van der Waals surface area contributed by atoms with Crippen LogP contribution in [-0.4, -0.2) is 18.8 Å². The molecule has 0 aromatic heterocycles. The van der Waals surface area contributed by atoms with Crippen LogP contribution < -0.4 is 5.73 Å². The smallest absolute Gasteiger partial charge is 0.0804 e. The summed E-state index contributed by atoms with van der Waals surface area (Å²) in [5.74, 6) is 0. The molecule has 96 valence electrons. The van der Waals surface area contributed by atoms with Gasteiger partial charge in [0.1, 0.15) is 0 Å². The van der Waals surface area contributed by atoms with Crippen LogP contribution in [-0.2, 0) is 4.74 Å². The van der Waals surface area contributed by atoms with Gasteiger partial charge in [0.05, 0.1) is 5.60 Å². The molecule has 0 saturated heterocycles. The van der Waals surface area contributed by atoms with E-state index in [9.17, 15) is 0 Å². The van der Waals surface area contributed by atoms with E-state index in [1.807, 2.05) is 0 Å². The van der Waals surface area contributed by atoms with Crippen molar-refractivity contribution >= 4 is 0 Å². The summed E-state index contributed by atoms with van der Waals surface area (Å²) >= 11 is 0. The van der Waals surface area contributed by atoms with Crippen molar-refractivity contribution in [2.45, 2.75) is 71.3 Å². The van der Waals surface area contributed by atoms with Crippen molar-refractivity contribution in [2.75, 3.05) is 13.2 Å². The van der Waals surface area contributed by atoms with Gasteiger partial charge in [-0.1, -0.05) is 33.6 Å². The van der Waals surface area contributed by atoms with E-state index in [0.29, 0.717) is 12.0 Å². The zero-order valence-electron chi connectivity index (χ0n) is 11.3. The van der Waals surface area contributed by atoms with Gasteiger partial charge in [0, 0.05) is 13.2 Å². The average Bonchev–Trinajstić information content (AvgIpc) is 2.27. The highest BCUT2D eigenvalue weighted by Gasteiger charge is 2.37. The minimum absolute atomic E-state index is 0.00324. The Bertz CT molecular complexity index is 191. The fraction of sp³-hybridized carbons (Fsp3) is 1.00. The first kappa shape index (κ1) is 14.0. The third-order valence-corrected chi connectivity index (χ3v) is 4.04. The van der Waals surface area contributed by atoms with Gasteiger partial charge in [-0.15, -0.1) is 0 Å². The quantitative estimate of drug-likeness (QED) is 0.705. The van der Waals surface area contributed by atoms with E-state index in [1.165, 1.54) is 32.1 Å². The number of unbranched alkanes of at least 4 members (excludes halogenated alkanes) is 2. The van der Waals surface area contributed by atoms with E-state index < -0.39 is 0 Å². The lowest BCUT2D eigenvalue weighted by atomic mass is 9.71. The second-order valence-electron chi connectivity index (χ2n) is 6.11. The standard InChI is InChI=1S/C14H29NO/c1-4-5-6-11-16-14(12-15)9-7-13(2,3)8-10-14/h4-12,15H2,1-3H3. The summed E-state index contributed by atoms with van der Waals surface area (Å²) in [7, 11) is 0. The topological polar surface area (TPSA) is 35.2 Å². The Labute approximate surface area is 101 Å². The van der Waals surface area contributed by atoms with E-state index in [2.05, 4.69) is 20.8 Å². The molecule has 0 heterocycles. The van der Waals surface area contributed by atoms with Crippen molar-refractivity contribution in [2.24, 2.45) is 11.1 Å². The molecule has 0 radical (unpaired) electrons. The van der Waals surface area contributed by atoms with Gasteiger partial charge < -0.3 is 10.5 Å². The van der Waals surface area contributed by atoms with Crippen LogP contribution >= 0.6 is 0 Å². The molecule has 16 heavy (non-hydrogen) atoms. The van der Waals surface area contributed by atoms with Crippen LogP contribution in [0.3, 0.4) is 0 Å². The zero-order chi connectivity index (χ0) is 12.1.